The van der Waals surface area contributed by atoms with Gasteiger partial charge in [0, 0.05) is 12.5 Å². The molecular weight excluding hydrogens is 319 g/mol. The second-order valence-corrected chi connectivity index (χ2v) is 6.09. The van der Waals surface area contributed by atoms with Crippen LogP contribution in [0.25, 0.3) is 0 Å². The summed E-state index contributed by atoms with van der Waals surface area (Å²) in [5, 5.41) is 11.2. The van der Waals surface area contributed by atoms with Crippen molar-refractivity contribution in [2.75, 3.05) is 0 Å². The number of rotatable bonds is 5. The van der Waals surface area contributed by atoms with E-state index in [2.05, 4.69) is 15.5 Å². The van der Waals surface area contributed by atoms with Gasteiger partial charge in [-0.3, -0.25) is 0 Å². The van der Waals surface area contributed by atoms with Crippen molar-refractivity contribution in [2.45, 2.75) is 57.3 Å². The number of benzene rings is 1. The van der Waals surface area contributed by atoms with Gasteiger partial charge in [0.25, 0.3) is 0 Å². The van der Waals surface area contributed by atoms with Gasteiger partial charge in [-0.15, -0.1) is 10.2 Å². The topological polar surface area (TPSA) is 51.0 Å². The van der Waals surface area contributed by atoms with Crippen LogP contribution in [0, 0.1) is 0 Å². The smallest absolute Gasteiger partial charge is 0.416 e. The molecule has 0 amide bonds. The van der Waals surface area contributed by atoms with Crippen molar-refractivity contribution in [1.29, 1.82) is 0 Å². The fourth-order valence-electron chi connectivity index (χ4n) is 3.27. The Morgan fingerprint density at radius 3 is 2.71 bits per heavy atom. The SMILES string of the molecule is CCc1nnc(CNC2CCCC2c2cccc(C(F)(F)F)c2)o1. The van der Waals surface area contributed by atoms with Crippen molar-refractivity contribution >= 4 is 0 Å². The monoisotopic (exact) mass is 339 g/mol. The number of hydrogen-bond donors (Lipinski definition) is 1. The molecule has 1 heterocycles. The lowest BCUT2D eigenvalue weighted by atomic mass is 9.92. The standard InChI is InChI=1S/C17H20F3N3O/c1-2-15-22-23-16(24-15)10-21-14-8-4-7-13(14)11-5-3-6-12(9-11)17(18,19)20/h3,5-6,9,13-14,21H,2,4,7-8,10H2,1H3. The van der Waals surface area contributed by atoms with Crippen LogP contribution in [0.4, 0.5) is 13.2 Å². The molecule has 0 bridgehead atoms. The third-order valence-electron chi connectivity index (χ3n) is 4.48. The van der Waals surface area contributed by atoms with E-state index in [4.69, 9.17) is 4.42 Å². The highest BCUT2D eigenvalue weighted by Gasteiger charge is 2.33. The van der Waals surface area contributed by atoms with Crippen molar-refractivity contribution in [3.05, 3.63) is 47.2 Å². The first-order valence-electron chi connectivity index (χ1n) is 8.19. The number of halogens is 3. The first-order valence-corrected chi connectivity index (χ1v) is 8.19. The summed E-state index contributed by atoms with van der Waals surface area (Å²) < 4.78 is 44.2. The van der Waals surface area contributed by atoms with Crippen molar-refractivity contribution in [1.82, 2.24) is 15.5 Å². The Morgan fingerprint density at radius 1 is 1.21 bits per heavy atom. The number of aryl methyl sites for hydroxylation is 1. The molecule has 2 atom stereocenters. The predicted octanol–water partition coefficient (Wildman–Crippen LogP) is 4.08. The number of alkyl halides is 3. The van der Waals surface area contributed by atoms with Crippen LogP contribution in [-0.4, -0.2) is 16.2 Å². The van der Waals surface area contributed by atoms with Crippen LogP contribution < -0.4 is 5.32 Å². The maximum Gasteiger partial charge on any atom is 0.416 e. The Labute approximate surface area is 138 Å². The number of hydrogen-bond acceptors (Lipinski definition) is 4. The van der Waals surface area contributed by atoms with Crippen LogP contribution in [0.3, 0.4) is 0 Å². The molecule has 0 spiro atoms. The molecule has 0 saturated heterocycles. The van der Waals surface area contributed by atoms with E-state index in [1.807, 2.05) is 6.92 Å². The molecular formula is C17H20F3N3O. The van der Waals surface area contributed by atoms with E-state index in [0.717, 1.165) is 30.9 Å². The van der Waals surface area contributed by atoms with Gasteiger partial charge in [0.15, 0.2) is 0 Å². The third-order valence-corrected chi connectivity index (χ3v) is 4.48. The zero-order valence-corrected chi connectivity index (χ0v) is 13.4. The van der Waals surface area contributed by atoms with Gasteiger partial charge >= 0.3 is 6.18 Å². The quantitative estimate of drug-likeness (QED) is 0.892. The van der Waals surface area contributed by atoms with Crippen LogP contribution in [0.15, 0.2) is 28.7 Å². The van der Waals surface area contributed by atoms with Crippen LogP contribution in [0.2, 0.25) is 0 Å². The number of nitrogens with one attached hydrogen (secondary N) is 1. The molecule has 7 heteroatoms. The average Bonchev–Trinajstić information content (AvgIpc) is 3.21. The van der Waals surface area contributed by atoms with Gasteiger partial charge in [-0.05, 0) is 30.4 Å². The molecule has 24 heavy (non-hydrogen) atoms. The average molecular weight is 339 g/mol. The van der Waals surface area contributed by atoms with Gasteiger partial charge in [0.1, 0.15) is 0 Å². The Bertz CT molecular complexity index is 684. The summed E-state index contributed by atoms with van der Waals surface area (Å²) in [6.07, 6.45) is -0.831. The molecule has 1 aliphatic rings. The number of nitrogens with zero attached hydrogens (tertiary/aromatic N) is 2. The predicted molar refractivity (Wildman–Crippen MR) is 82.3 cm³/mol. The van der Waals surface area contributed by atoms with Crippen molar-refractivity contribution < 1.29 is 17.6 Å². The molecule has 1 N–H and O–H groups in total. The highest BCUT2D eigenvalue weighted by molar-refractivity contribution is 5.30. The summed E-state index contributed by atoms with van der Waals surface area (Å²) in [5.74, 6) is 1.18. The van der Waals surface area contributed by atoms with E-state index in [-0.39, 0.29) is 12.0 Å². The first kappa shape index (κ1) is 17.0. The van der Waals surface area contributed by atoms with Crippen molar-refractivity contribution in [2.24, 2.45) is 0 Å². The largest absolute Gasteiger partial charge is 0.424 e. The van der Waals surface area contributed by atoms with E-state index in [0.29, 0.717) is 24.7 Å². The molecule has 130 valence electrons. The fraction of sp³-hybridized carbons (Fsp3) is 0.529. The second kappa shape index (κ2) is 6.93. The van der Waals surface area contributed by atoms with Crippen LogP contribution >= 0.6 is 0 Å². The van der Waals surface area contributed by atoms with Crippen LogP contribution in [0.5, 0.6) is 0 Å². The van der Waals surface area contributed by atoms with Crippen molar-refractivity contribution in [3.63, 3.8) is 0 Å². The Balaban J connectivity index is 1.69. The summed E-state index contributed by atoms with van der Waals surface area (Å²) in [7, 11) is 0. The van der Waals surface area contributed by atoms with Gasteiger partial charge in [-0.2, -0.15) is 13.2 Å². The lowest BCUT2D eigenvalue weighted by molar-refractivity contribution is -0.137. The van der Waals surface area contributed by atoms with E-state index in [1.54, 1.807) is 6.07 Å². The molecule has 0 aliphatic heterocycles. The van der Waals surface area contributed by atoms with E-state index in [9.17, 15) is 13.2 Å². The second-order valence-electron chi connectivity index (χ2n) is 6.09. The zero-order valence-electron chi connectivity index (χ0n) is 13.4. The Morgan fingerprint density at radius 2 is 2.00 bits per heavy atom. The van der Waals surface area contributed by atoms with E-state index < -0.39 is 11.7 Å². The summed E-state index contributed by atoms with van der Waals surface area (Å²) in [6, 6.07) is 5.77. The van der Waals surface area contributed by atoms with Gasteiger partial charge in [0.05, 0.1) is 12.1 Å². The fourth-order valence-corrected chi connectivity index (χ4v) is 3.27. The first-order chi connectivity index (χ1) is 11.5. The molecule has 0 radical (unpaired) electrons. The summed E-state index contributed by atoms with van der Waals surface area (Å²) >= 11 is 0. The molecule has 1 saturated carbocycles. The Kier molecular flexibility index (Phi) is 4.89. The molecule has 2 aromatic rings. The van der Waals surface area contributed by atoms with Crippen molar-refractivity contribution in [3.8, 4) is 0 Å². The van der Waals surface area contributed by atoms with E-state index >= 15 is 0 Å². The minimum absolute atomic E-state index is 0.0702. The lowest BCUT2D eigenvalue weighted by Gasteiger charge is -2.21. The molecule has 1 aromatic carbocycles. The summed E-state index contributed by atoms with van der Waals surface area (Å²) in [6.45, 7) is 2.37. The lowest BCUT2D eigenvalue weighted by Crippen LogP contribution is -2.31. The molecule has 1 fully saturated rings. The maximum atomic E-state index is 12.9. The number of aromatic nitrogens is 2. The molecule has 1 aliphatic carbocycles. The third kappa shape index (κ3) is 3.77. The van der Waals surface area contributed by atoms with Crippen LogP contribution in [0.1, 0.15) is 55.0 Å². The highest BCUT2D eigenvalue weighted by Crippen LogP contribution is 2.37. The van der Waals surface area contributed by atoms with Gasteiger partial charge in [-0.25, -0.2) is 0 Å². The minimum Gasteiger partial charge on any atom is -0.424 e. The van der Waals surface area contributed by atoms with Gasteiger partial charge in [0.2, 0.25) is 11.8 Å². The zero-order chi connectivity index (χ0) is 17.2. The summed E-state index contributed by atoms with van der Waals surface area (Å²) in [5.41, 5.74) is 0.148. The molecule has 2 unspecified atom stereocenters. The molecule has 3 rings (SSSR count). The van der Waals surface area contributed by atoms with Gasteiger partial charge in [-0.1, -0.05) is 31.5 Å². The van der Waals surface area contributed by atoms with E-state index in [1.165, 1.54) is 12.1 Å². The Hall–Kier alpha value is -1.89. The van der Waals surface area contributed by atoms with Crippen LogP contribution in [-0.2, 0) is 19.1 Å². The maximum absolute atomic E-state index is 12.9. The molecule has 4 nitrogen and oxygen atoms in total. The highest BCUT2D eigenvalue weighted by atomic mass is 19.4. The normalized spacial score (nSPS) is 21.3. The minimum atomic E-state index is -4.31. The molecule has 1 aromatic heterocycles. The van der Waals surface area contributed by atoms with Gasteiger partial charge < -0.3 is 9.73 Å². The summed E-state index contributed by atoms with van der Waals surface area (Å²) in [4.78, 5) is 0.